The number of alkyl halides is 13. The third-order valence-electron chi connectivity index (χ3n) is 2.58. The van der Waals surface area contributed by atoms with Gasteiger partial charge in [0.2, 0.25) is 4.32 Å². The summed E-state index contributed by atoms with van der Waals surface area (Å²) in [5.41, 5.74) is -0.0579. The summed E-state index contributed by atoms with van der Waals surface area (Å²) in [5.74, 6) is 0. The Labute approximate surface area is 180 Å². The monoisotopic (exact) mass is 734 g/mol. The topological polar surface area (TPSA) is 0 Å². The average Bonchev–Trinajstić information content (AvgIpc) is 2.44. The second-order valence-corrected chi connectivity index (χ2v) is 8.97. The Balaban J connectivity index is 0.000000463. The number of halogens is 13. The lowest BCUT2D eigenvalue weighted by Crippen LogP contribution is -2.53. The Morgan fingerprint density at radius 2 is 1.12 bits per heavy atom. The maximum atomic E-state index is 13.5. The van der Waals surface area contributed by atoms with E-state index in [0.717, 1.165) is 45.2 Å². The molecule has 25 heavy (non-hydrogen) atoms. The van der Waals surface area contributed by atoms with E-state index in [9.17, 15) is 39.5 Å². The van der Waals surface area contributed by atoms with Crippen LogP contribution in [0.2, 0.25) is 0 Å². The highest BCUT2D eigenvalue weighted by Crippen LogP contribution is 2.51. The molecule has 1 aromatic rings. The summed E-state index contributed by atoms with van der Waals surface area (Å²) >= 11 is 5.80. The zero-order chi connectivity index (χ0) is 20.3. The van der Waals surface area contributed by atoms with Crippen LogP contribution in [0.4, 0.5) is 39.5 Å². The molecule has 1 aromatic carbocycles. The summed E-state index contributed by atoms with van der Waals surface area (Å²) < 4.78 is 102. The Morgan fingerprint density at radius 1 is 0.760 bits per heavy atom. The minimum Gasteiger partial charge on any atom is -0.219 e. The molecule has 0 spiro atoms. The van der Waals surface area contributed by atoms with Crippen LogP contribution in [-0.2, 0) is 3.68 Å². The van der Waals surface area contributed by atoms with E-state index < -0.39 is 29.6 Å². The lowest BCUT2D eigenvalue weighted by atomic mass is 10.1. The van der Waals surface area contributed by atoms with Crippen LogP contribution < -0.4 is 0 Å². The zero-order valence-corrected chi connectivity index (χ0v) is 19.0. The zero-order valence-electron chi connectivity index (χ0n) is 11.5. The molecule has 0 aromatic heterocycles. The van der Waals surface area contributed by atoms with Crippen LogP contribution in [0.15, 0.2) is 30.3 Å². The van der Waals surface area contributed by atoms with Gasteiger partial charge in [-0.05, 0) is 38.5 Å². The summed E-state index contributed by atoms with van der Waals surface area (Å²) in [6.07, 6.45) is -10.7. The van der Waals surface area contributed by atoms with Crippen molar-refractivity contribution in [3.63, 3.8) is 0 Å². The standard InChI is InChI=1S/C8H5BrF3I.C4H2BrF6I/c9-8(11,12)7(10,13)6-4-2-1-3-5-6;5-2(1-12,3(6,7)8)4(9,10)11/h1-5H;1H2. The molecule has 0 heterocycles. The van der Waals surface area contributed by atoms with Gasteiger partial charge in [-0.2, -0.15) is 35.1 Å². The van der Waals surface area contributed by atoms with Crippen molar-refractivity contribution in [2.75, 3.05) is 4.43 Å². The van der Waals surface area contributed by atoms with Gasteiger partial charge in [0.15, 0.2) is 0 Å². The molecule has 1 atom stereocenters. The first-order chi connectivity index (χ1) is 10.9. The van der Waals surface area contributed by atoms with Gasteiger partial charge in [0.05, 0.1) is 0 Å². The van der Waals surface area contributed by atoms with Crippen molar-refractivity contribution < 1.29 is 39.5 Å². The molecular formula is C12H7Br2F9I2. The number of rotatable bonds is 3. The van der Waals surface area contributed by atoms with Crippen LogP contribution in [0.5, 0.6) is 0 Å². The molecule has 0 amide bonds. The van der Waals surface area contributed by atoms with E-state index in [4.69, 9.17) is 0 Å². The Hall–Kier alpha value is 1.01. The first-order valence-electron chi connectivity index (χ1n) is 5.80. The molecule has 1 rings (SSSR count). The molecule has 0 aliphatic heterocycles. The third-order valence-corrected chi connectivity index (χ3v) is 8.53. The van der Waals surface area contributed by atoms with Crippen molar-refractivity contribution in [3.8, 4) is 0 Å². The van der Waals surface area contributed by atoms with E-state index in [1.165, 1.54) is 24.3 Å². The molecule has 0 aliphatic rings. The first-order valence-corrected chi connectivity index (χ1v) is 9.99. The largest absolute Gasteiger partial charge is 0.413 e. The Bertz CT molecular complexity index is 524. The summed E-state index contributed by atoms with van der Waals surface area (Å²) in [4.78, 5) is -3.57. The molecule has 13 heteroatoms. The molecule has 0 bridgehead atoms. The smallest absolute Gasteiger partial charge is 0.219 e. The van der Waals surface area contributed by atoms with Crippen LogP contribution >= 0.6 is 77.0 Å². The summed E-state index contributed by atoms with van der Waals surface area (Å²) in [6, 6.07) is 7.31. The van der Waals surface area contributed by atoms with Gasteiger partial charge in [0.25, 0.3) is 3.68 Å². The molecule has 0 saturated heterocycles. The van der Waals surface area contributed by atoms with Gasteiger partial charge in [0.1, 0.15) is 0 Å². The van der Waals surface area contributed by atoms with Crippen molar-refractivity contribution in [1.29, 1.82) is 0 Å². The SMILES string of the molecule is FC(F)(Br)C(F)(I)c1ccccc1.FC(F)(F)C(Br)(CI)C(F)(F)F. The van der Waals surface area contributed by atoms with Gasteiger partial charge in [-0.3, -0.25) is 0 Å². The third kappa shape index (κ3) is 6.54. The number of hydrogen-bond donors (Lipinski definition) is 0. The molecule has 0 aliphatic carbocycles. The fourth-order valence-electron chi connectivity index (χ4n) is 1.12. The summed E-state index contributed by atoms with van der Waals surface area (Å²) in [7, 11) is 0. The van der Waals surface area contributed by atoms with Crippen LogP contribution in [0.1, 0.15) is 5.56 Å². The van der Waals surface area contributed by atoms with Gasteiger partial charge in [-0.15, -0.1) is 0 Å². The minimum atomic E-state index is -5.33. The maximum absolute atomic E-state index is 13.5. The highest BCUT2D eigenvalue weighted by Gasteiger charge is 2.68. The normalized spacial score (nSPS) is 15.9. The second-order valence-electron chi connectivity index (χ2n) is 4.37. The van der Waals surface area contributed by atoms with Gasteiger partial charge >= 0.3 is 17.2 Å². The molecule has 1 unspecified atom stereocenters. The summed E-state index contributed by atoms with van der Waals surface area (Å²) in [6.45, 7) is 0. The fourth-order valence-corrected chi connectivity index (χ4v) is 2.58. The van der Waals surface area contributed by atoms with E-state index >= 15 is 0 Å². The van der Waals surface area contributed by atoms with E-state index in [0.29, 0.717) is 0 Å². The van der Waals surface area contributed by atoms with Crippen molar-refractivity contribution in [2.24, 2.45) is 0 Å². The quantitative estimate of drug-likeness (QED) is 0.168. The predicted molar refractivity (Wildman–Crippen MR) is 99.8 cm³/mol. The Kier molecular flexibility index (Phi) is 9.37. The highest BCUT2D eigenvalue weighted by atomic mass is 127. The molecule has 0 N–H and O–H groups in total. The molecule has 0 radical (unpaired) electrons. The molecule has 146 valence electrons. The number of hydrogen-bond acceptors (Lipinski definition) is 0. The predicted octanol–water partition coefficient (Wildman–Crippen LogP) is 7.91. The van der Waals surface area contributed by atoms with Crippen LogP contribution in [-0.4, -0.2) is 25.9 Å². The van der Waals surface area contributed by atoms with Crippen LogP contribution in [0.25, 0.3) is 0 Å². The molecule has 0 nitrogen and oxygen atoms in total. The number of benzene rings is 1. The maximum Gasteiger partial charge on any atom is 0.413 e. The van der Waals surface area contributed by atoms with Crippen LogP contribution in [0.3, 0.4) is 0 Å². The summed E-state index contributed by atoms with van der Waals surface area (Å²) in [5, 5.41) is 0. The van der Waals surface area contributed by atoms with Gasteiger partial charge < -0.3 is 0 Å². The first kappa shape index (κ1) is 26.0. The van der Waals surface area contributed by atoms with E-state index in [2.05, 4.69) is 0 Å². The van der Waals surface area contributed by atoms with Crippen molar-refractivity contribution in [1.82, 2.24) is 0 Å². The molecule has 0 saturated carbocycles. The Morgan fingerprint density at radius 3 is 1.32 bits per heavy atom. The van der Waals surface area contributed by atoms with Crippen molar-refractivity contribution >= 4 is 77.0 Å². The van der Waals surface area contributed by atoms with E-state index in [1.807, 2.05) is 15.9 Å². The van der Waals surface area contributed by atoms with E-state index in [1.54, 1.807) is 22.0 Å². The van der Waals surface area contributed by atoms with Gasteiger partial charge in [-0.25, -0.2) is 4.39 Å². The lowest BCUT2D eigenvalue weighted by molar-refractivity contribution is -0.254. The lowest BCUT2D eigenvalue weighted by Gasteiger charge is -2.29. The highest BCUT2D eigenvalue weighted by molar-refractivity contribution is 14.1. The average molecular weight is 736 g/mol. The van der Waals surface area contributed by atoms with Crippen LogP contribution in [0, 0.1) is 0 Å². The van der Waals surface area contributed by atoms with E-state index in [-0.39, 0.29) is 5.56 Å². The van der Waals surface area contributed by atoms with Crippen molar-refractivity contribution in [2.45, 2.75) is 25.2 Å². The molecule has 0 fully saturated rings. The molecular weight excluding hydrogens is 729 g/mol. The second kappa shape index (κ2) is 9.01. The van der Waals surface area contributed by atoms with Crippen molar-refractivity contribution in [3.05, 3.63) is 35.9 Å². The minimum absolute atomic E-state index is 0.0579. The van der Waals surface area contributed by atoms with Gasteiger partial charge in [-0.1, -0.05) is 68.9 Å². The van der Waals surface area contributed by atoms with Gasteiger partial charge in [0, 0.05) is 9.99 Å². The fraction of sp³-hybridized carbons (Fsp3) is 0.500.